The largest absolute Gasteiger partial charge is 1.00 e. The third kappa shape index (κ3) is 4.63. The Morgan fingerprint density at radius 3 is 2.50 bits per heavy atom. The van der Waals surface area contributed by atoms with Gasteiger partial charge in [0.15, 0.2) is 12.4 Å². The molecule has 1 aromatic heterocycles. The number of halogens is 1. The van der Waals surface area contributed by atoms with Crippen LogP contribution < -0.4 is 21.5 Å². The van der Waals surface area contributed by atoms with Crippen molar-refractivity contribution in [2.24, 2.45) is 0 Å². The summed E-state index contributed by atoms with van der Waals surface area (Å²) in [4.78, 5) is 21.7. The number of ether oxygens (including phenoxy) is 1. The Labute approximate surface area is 138 Å². The maximum atomic E-state index is 11.4. The van der Waals surface area contributed by atoms with Crippen LogP contribution in [0.15, 0.2) is 48.8 Å². The van der Waals surface area contributed by atoms with E-state index in [2.05, 4.69) is 0 Å². The summed E-state index contributed by atoms with van der Waals surface area (Å²) >= 11 is 0. The maximum absolute atomic E-state index is 11.4. The molecule has 0 spiro atoms. The molecule has 0 fully saturated rings. The van der Waals surface area contributed by atoms with Crippen molar-refractivity contribution in [2.75, 3.05) is 6.61 Å². The molecule has 0 atom stereocenters. The molecule has 0 aliphatic rings. The highest BCUT2D eigenvalue weighted by molar-refractivity contribution is 5.68. The molecule has 0 amide bonds. The average Bonchev–Trinajstić information content (AvgIpc) is 2.48. The van der Waals surface area contributed by atoms with Crippen LogP contribution in [0.4, 0.5) is 5.69 Å². The van der Waals surface area contributed by atoms with Crippen LogP contribution >= 0.6 is 0 Å². The molecule has 6 nitrogen and oxygen atoms in total. The number of hydrogen-bond acceptors (Lipinski definition) is 4. The summed E-state index contributed by atoms with van der Waals surface area (Å²) in [6.45, 7) is 2.25. The summed E-state index contributed by atoms with van der Waals surface area (Å²) < 4.78 is 6.56. The molecule has 22 heavy (non-hydrogen) atoms. The highest BCUT2D eigenvalue weighted by Gasteiger charge is 2.11. The molecular weight excluding hydrogens is 352 g/mol. The standard InChI is InChI=1S/C15H15N2O4.BrH/c1-2-21-15(18)11-16-8-6-12(7-9-16)13-4-3-5-14(10-13)17(19)20;/h3-10H,2,11H2,1H3;1H/q+1;/p-1. The van der Waals surface area contributed by atoms with E-state index in [0.29, 0.717) is 6.61 Å². The van der Waals surface area contributed by atoms with Gasteiger partial charge in [0.05, 0.1) is 11.5 Å². The first-order valence-electron chi connectivity index (χ1n) is 6.49. The van der Waals surface area contributed by atoms with Gasteiger partial charge < -0.3 is 21.7 Å². The number of esters is 1. The van der Waals surface area contributed by atoms with Crippen molar-refractivity contribution in [1.29, 1.82) is 0 Å². The first-order valence-corrected chi connectivity index (χ1v) is 6.49. The lowest BCUT2D eigenvalue weighted by Crippen LogP contribution is -3.00. The van der Waals surface area contributed by atoms with Gasteiger partial charge in [-0.2, -0.15) is 4.57 Å². The zero-order valence-electron chi connectivity index (χ0n) is 11.9. The Kier molecular flexibility index (Phi) is 6.65. The van der Waals surface area contributed by atoms with Gasteiger partial charge in [-0.3, -0.25) is 10.1 Å². The number of nitro benzene ring substituents is 1. The molecule has 0 N–H and O–H groups in total. The number of nitrogens with zero attached hydrogens (tertiary/aromatic N) is 2. The quantitative estimate of drug-likeness (QED) is 0.298. The van der Waals surface area contributed by atoms with Gasteiger partial charge in [0.25, 0.3) is 5.69 Å². The molecule has 7 heteroatoms. The van der Waals surface area contributed by atoms with E-state index in [1.165, 1.54) is 12.1 Å². The predicted molar refractivity (Wildman–Crippen MR) is 75.4 cm³/mol. The van der Waals surface area contributed by atoms with E-state index >= 15 is 0 Å². The third-order valence-electron chi connectivity index (χ3n) is 2.90. The van der Waals surface area contributed by atoms with Gasteiger partial charge in [0, 0.05) is 24.3 Å². The van der Waals surface area contributed by atoms with Gasteiger partial charge in [-0.25, -0.2) is 4.79 Å². The minimum atomic E-state index is -0.423. The summed E-state index contributed by atoms with van der Waals surface area (Å²) in [6.07, 6.45) is 3.48. The highest BCUT2D eigenvalue weighted by atomic mass is 79.9. The topological polar surface area (TPSA) is 73.3 Å². The minimum Gasteiger partial charge on any atom is -1.00 e. The Morgan fingerprint density at radius 1 is 1.23 bits per heavy atom. The monoisotopic (exact) mass is 366 g/mol. The molecule has 0 unspecified atom stereocenters. The normalized spacial score (nSPS) is 9.68. The molecule has 1 aromatic carbocycles. The number of pyridine rings is 1. The minimum absolute atomic E-state index is 0. The van der Waals surface area contributed by atoms with Crippen LogP contribution in [0, 0.1) is 10.1 Å². The van der Waals surface area contributed by atoms with E-state index in [9.17, 15) is 14.9 Å². The fourth-order valence-corrected chi connectivity index (χ4v) is 1.91. The van der Waals surface area contributed by atoms with E-state index in [0.717, 1.165) is 11.1 Å². The van der Waals surface area contributed by atoms with Crippen LogP contribution in [-0.2, 0) is 16.1 Å². The van der Waals surface area contributed by atoms with E-state index in [1.54, 1.807) is 48.1 Å². The molecule has 0 saturated carbocycles. The molecule has 0 radical (unpaired) electrons. The summed E-state index contributed by atoms with van der Waals surface area (Å²) in [5.74, 6) is -0.300. The summed E-state index contributed by atoms with van der Waals surface area (Å²) in [7, 11) is 0. The molecule has 0 saturated heterocycles. The molecule has 2 aromatic rings. The van der Waals surface area contributed by atoms with Crippen LogP contribution in [0.1, 0.15) is 6.92 Å². The van der Waals surface area contributed by atoms with Crippen LogP contribution in [0.25, 0.3) is 11.1 Å². The van der Waals surface area contributed by atoms with Gasteiger partial charge in [-0.15, -0.1) is 0 Å². The van der Waals surface area contributed by atoms with Crippen LogP contribution in [-0.4, -0.2) is 17.5 Å². The van der Waals surface area contributed by atoms with Crippen LogP contribution in [0.2, 0.25) is 0 Å². The summed E-state index contributed by atoms with van der Waals surface area (Å²) in [5, 5.41) is 10.8. The van der Waals surface area contributed by atoms with Crippen molar-refractivity contribution in [3.8, 4) is 11.1 Å². The molecule has 0 bridgehead atoms. The second-order valence-corrected chi connectivity index (χ2v) is 4.37. The number of aromatic nitrogens is 1. The number of hydrogen-bond donors (Lipinski definition) is 0. The molecule has 2 rings (SSSR count). The smallest absolute Gasteiger partial charge is 0.372 e. The lowest BCUT2D eigenvalue weighted by Gasteiger charge is -2.02. The fourth-order valence-electron chi connectivity index (χ4n) is 1.91. The van der Waals surface area contributed by atoms with Crippen molar-refractivity contribution < 1.29 is 36.0 Å². The first kappa shape index (κ1) is 17.8. The fraction of sp³-hybridized carbons (Fsp3) is 0.200. The molecule has 1 heterocycles. The summed E-state index contributed by atoms with van der Waals surface area (Å²) in [5.41, 5.74) is 1.65. The van der Waals surface area contributed by atoms with Gasteiger partial charge >= 0.3 is 5.97 Å². The van der Waals surface area contributed by atoms with Gasteiger partial charge in [-0.05, 0) is 18.1 Å². The van der Waals surface area contributed by atoms with E-state index < -0.39 is 4.92 Å². The number of carbonyl (C=O) groups is 1. The number of benzene rings is 1. The third-order valence-corrected chi connectivity index (χ3v) is 2.90. The predicted octanol–water partition coefficient (Wildman–Crippen LogP) is -0.884. The second-order valence-electron chi connectivity index (χ2n) is 4.37. The van der Waals surface area contributed by atoms with E-state index in [1.807, 2.05) is 0 Å². The van der Waals surface area contributed by atoms with Gasteiger partial charge in [-0.1, -0.05) is 12.1 Å². The Bertz CT molecular complexity index is 659. The van der Waals surface area contributed by atoms with Crippen molar-refractivity contribution in [2.45, 2.75) is 13.5 Å². The maximum Gasteiger partial charge on any atom is 0.372 e. The Balaban J connectivity index is 0.00000242. The van der Waals surface area contributed by atoms with Gasteiger partial charge in [0.2, 0.25) is 6.54 Å². The number of non-ortho nitro benzene ring substituents is 1. The lowest BCUT2D eigenvalue weighted by molar-refractivity contribution is -0.685. The van der Waals surface area contributed by atoms with Crippen molar-refractivity contribution in [3.05, 3.63) is 58.9 Å². The number of rotatable bonds is 5. The van der Waals surface area contributed by atoms with E-state index in [-0.39, 0.29) is 35.2 Å². The highest BCUT2D eigenvalue weighted by Crippen LogP contribution is 2.22. The van der Waals surface area contributed by atoms with E-state index in [4.69, 9.17) is 4.74 Å². The molecule has 0 aliphatic carbocycles. The number of nitro groups is 1. The summed E-state index contributed by atoms with van der Waals surface area (Å²) in [6, 6.07) is 10.0. The van der Waals surface area contributed by atoms with Crippen molar-refractivity contribution in [1.82, 2.24) is 0 Å². The number of carbonyl (C=O) groups excluding carboxylic acids is 1. The SMILES string of the molecule is CCOC(=O)C[n+]1ccc(-c2cccc([N+](=O)[O-])c2)cc1.[Br-]. The lowest BCUT2D eigenvalue weighted by atomic mass is 10.1. The molecular formula is C15H15BrN2O4. The average molecular weight is 367 g/mol. The second kappa shape index (κ2) is 8.23. The van der Waals surface area contributed by atoms with Crippen LogP contribution in [0.3, 0.4) is 0 Å². The van der Waals surface area contributed by atoms with Crippen LogP contribution in [0.5, 0.6) is 0 Å². The van der Waals surface area contributed by atoms with Crippen molar-refractivity contribution >= 4 is 11.7 Å². The van der Waals surface area contributed by atoms with Gasteiger partial charge in [0.1, 0.15) is 0 Å². The molecule has 116 valence electrons. The van der Waals surface area contributed by atoms with Crippen molar-refractivity contribution in [3.63, 3.8) is 0 Å². The first-order chi connectivity index (χ1) is 10.1. The molecule has 0 aliphatic heterocycles. The zero-order chi connectivity index (χ0) is 15.2. The Morgan fingerprint density at radius 2 is 1.91 bits per heavy atom. The zero-order valence-corrected chi connectivity index (χ0v) is 13.5. The Hall–Kier alpha value is -2.28.